The van der Waals surface area contributed by atoms with Gasteiger partial charge in [0.15, 0.2) is 11.5 Å². The molecule has 0 bridgehead atoms. The van der Waals surface area contributed by atoms with Crippen LogP contribution < -0.4 is 25.1 Å². The van der Waals surface area contributed by atoms with Crippen LogP contribution in [0.15, 0.2) is 53.3 Å². The molecule has 5 rings (SSSR count). The number of benzene rings is 2. The maximum absolute atomic E-state index is 13.0. The first-order valence-corrected chi connectivity index (χ1v) is 10.3. The summed E-state index contributed by atoms with van der Waals surface area (Å²) >= 11 is 0. The minimum atomic E-state index is -0.397. The molecule has 3 heterocycles. The predicted molar refractivity (Wildman–Crippen MR) is 118 cm³/mol. The van der Waals surface area contributed by atoms with Gasteiger partial charge in [-0.3, -0.25) is 9.59 Å². The van der Waals surface area contributed by atoms with E-state index in [1.807, 2.05) is 36.4 Å². The van der Waals surface area contributed by atoms with Crippen molar-refractivity contribution in [3.05, 3.63) is 70.3 Å². The monoisotopic (exact) mass is 447 g/mol. The Balaban J connectivity index is 1.34. The molecule has 2 aromatic carbocycles. The van der Waals surface area contributed by atoms with Gasteiger partial charge in [0.25, 0.3) is 5.56 Å². The van der Waals surface area contributed by atoms with E-state index in [0.29, 0.717) is 35.1 Å². The number of carbonyl (C=O) groups excluding carboxylic acids is 1. The molecule has 33 heavy (non-hydrogen) atoms. The molecule has 10 heteroatoms. The number of aryl methyl sites for hydroxylation is 1. The largest absolute Gasteiger partial charge is 0.497 e. The van der Waals surface area contributed by atoms with E-state index in [-0.39, 0.29) is 19.2 Å². The van der Waals surface area contributed by atoms with E-state index in [1.54, 1.807) is 26.2 Å². The maximum Gasteiger partial charge on any atom is 0.293 e. The zero-order valence-electron chi connectivity index (χ0n) is 18.1. The minimum absolute atomic E-state index is 0.191. The molecule has 10 nitrogen and oxygen atoms in total. The van der Waals surface area contributed by atoms with Gasteiger partial charge in [0, 0.05) is 12.1 Å². The lowest BCUT2D eigenvalue weighted by atomic mass is 10.1. The van der Waals surface area contributed by atoms with Gasteiger partial charge in [-0.2, -0.15) is 10.2 Å². The molecule has 0 unspecified atom stereocenters. The lowest BCUT2D eigenvalue weighted by Crippen LogP contribution is -2.34. The van der Waals surface area contributed by atoms with Crippen LogP contribution in [0.4, 0.5) is 0 Å². The lowest BCUT2D eigenvalue weighted by molar-refractivity contribution is -0.122. The van der Waals surface area contributed by atoms with Crippen LogP contribution in [0, 0.1) is 6.92 Å². The highest BCUT2D eigenvalue weighted by molar-refractivity contribution is 5.75. The number of methoxy groups -OCH3 is 1. The third-order valence-corrected chi connectivity index (χ3v) is 5.34. The number of amides is 1. The van der Waals surface area contributed by atoms with Crippen molar-refractivity contribution in [2.24, 2.45) is 0 Å². The van der Waals surface area contributed by atoms with E-state index in [9.17, 15) is 9.59 Å². The van der Waals surface area contributed by atoms with Gasteiger partial charge in [-0.25, -0.2) is 9.20 Å². The van der Waals surface area contributed by atoms with Gasteiger partial charge in [0.2, 0.25) is 12.7 Å². The van der Waals surface area contributed by atoms with Crippen molar-refractivity contribution in [2.45, 2.75) is 20.0 Å². The van der Waals surface area contributed by atoms with Crippen LogP contribution in [-0.2, 0) is 17.9 Å². The number of aromatic nitrogens is 4. The summed E-state index contributed by atoms with van der Waals surface area (Å²) < 4.78 is 18.5. The molecule has 0 saturated heterocycles. The molecule has 0 radical (unpaired) electrons. The minimum Gasteiger partial charge on any atom is -0.497 e. The van der Waals surface area contributed by atoms with Crippen LogP contribution in [0.2, 0.25) is 0 Å². The number of carbonyl (C=O) groups is 1. The molecule has 1 aliphatic heterocycles. The summed E-state index contributed by atoms with van der Waals surface area (Å²) in [6.45, 7) is 2.01. The summed E-state index contributed by atoms with van der Waals surface area (Å²) in [5.74, 6) is 2.22. The number of nitrogens with one attached hydrogen (secondary N) is 1. The van der Waals surface area contributed by atoms with Crippen molar-refractivity contribution < 1.29 is 19.0 Å². The highest BCUT2D eigenvalue weighted by Crippen LogP contribution is 2.32. The lowest BCUT2D eigenvalue weighted by Gasteiger charge is -2.09. The Hall–Kier alpha value is -4.34. The maximum atomic E-state index is 13.0. The highest BCUT2D eigenvalue weighted by atomic mass is 16.7. The fourth-order valence-electron chi connectivity index (χ4n) is 3.63. The zero-order chi connectivity index (χ0) is 22.9. The van der Waals surface area contributed by atoms with Crippen molar-refractivity contribution in [2.75, 3.05) is 13.9 Å². The number of nitrogens with zero attached hydrogens (tertiary/aromatic N) is 4. The molecule has 2 aromatic heterocycles. The predicted octanol–water partition coefficient (Wildman–Crippen LogP) is 1.92. The van der Waals surface area contributed by atoms with Gasteiger partial charge >= 0.3 is 0 Å². The van der Waals surface area contributed by atoms with Crippen LogP contribution in [0.3, 0.4) is 0 Å². The van der Waals surface area contributed by atoms with Crippen molar-refractivity contribution >= 4 is 11.4 Å². The van der Waals surface area contributed by atoms with E-state index in [1.165, 1.54) is 4.52 Å². The topological polar surface area (TPSA) is 109 Å². The Labute approximate surface area is 188 Å². The average molecular weight is 447 g/mol. The molecule has 0 fully saturated rings. The second-order valence-electron chi connectivity index (χ2n) is 7.53. The molecule has 1 N–H and O–H groups in total. The summed E-state index contributed by atoms with van der Waals surface area (Å²) in [4.78, 5) is 25.5. The second kappa shape index (κ2) is 8.30. The van der Waals surface area contributed by atoms with Gasteiger partial charge in [-0.15, -0.1) is 0 Å². The number of hydrogen-bond acceptors (Lipinski definition) is 7. The van der Waals surface area contributed by atoms with Crippen molar-refractivity contribution in [1.29, 1.82) is 0 Å². The van der Waals surface area contributed by atoms with Crippen LogP contribution in [-0.4, -0.2) is 39.2 Å². The van der Waals surface area contributed by atoms with Crippen LogP contribution in [0.1, 0.15) is 11.4 Å². The Morgan fingerprint density at radius 2 is 1.88 bits per heavy atom. The molecule has 0 atom stereocenters. The van der Waals surface area contributed by atoms with Gasteiger partial charge in [0.1, 0.15) is 23.6 Å². The summed E-state index contributed by atoms with van der Waals surface area (Å²) in [5, 5.41) is 11.6. The average Bonchev–Trinajstić information content (AvgIpc) is 3.48. The summed E-state index contributed by atoms with van der Waals surface area (Å²) in [6, 6.07) is 14.5. The van der Waals surface area contributed by atoms with E-state index in [0.717, 1.165) is 21.6 Å². The molecule has 0 spiro atoms. The first-order valence-electron chi connectivity index (χ1n) is 10.3. The van der Waals surface area contributed by atoms with Crippen LogP contribution >= 0.6 is 0 Å². The zero-order valence-corrected chi connectivity index (χ0v) is 18.1. The quantitative estimate of drug-likeness (QED) is 0.481. The molecule has 168 valence electrons. The van der Waals surface area contributed by atoms with Crippen molar-refractivity contribution in [1.82, 2.24) is 24.7 Å². The second-order valence-corrected chi connectivity index (χ2v) is 7.53. The molecular weight excluding hydrogens is 426 g/mol. The number of ether oxygens (including phenoxy) is 3. The molecule has 0 saturated carbocycles. The Morgan fingerprint density at radius 1 is 1.09 bits per heavy atom. The molecular formula is C23H21N5O5. The van der Waals surface area contributed by atoms with E-state index in [2.05, 4.69) is 15.5 Å². The van der Waals surface area contributed by atoms with E-state index < -0.39 is 5.56 Å². The molecule has 1 amide bonds. The fraction of sp³-hybridized carbons (Fsp3) is 0.217. The number of rotatable bonds is 6. The molecule has 4 aromatic rings. The molecule has 0 aliphatic carbocycles. The number of fused-ring (bicyclic) bond motifs is 2. The number of hydrogen-bond donors (Lipinski definition) is 1. The van der Waals surface area contributed by atoms with Crippen LogP contribution in [0.25, 0.3) is 16.8 Å². The SMILES string of the molecule is COc1ccc(-c2cc3c(=O)n(CC(=O)NCc4ccc5c(c4)OCO5)nc(C)n3n2)cc1. The molecule has 1 aliphatic rings. The van der Waals surface area contributed by atoms with Gasteiger partial charge < -0.3 is 19.5 Å². The first-order chi connectivity index (χ1) is 16.0. The van der Waals surface area contributed by atoms with Gasteiger partial charge in [-0.1, -0.05) is 6.07 Å². The van der Waals surface area contributed by atoms with Crippen molar-refractivity contribution in [3.63, 3.8) is 0 Å². The highest BCUT2D eigenvalue weighted by Gasteiger charge is 2.16. The van der Waals surface area contributed by atoms with E-state index in [4.69, 9.17) is 14.2 Å². The summed E-state index contributed by atoms with van der Waals surface area (Å²) in [6.07, 6.45) is 0. The standard InChI is InChI=1S/C23H21N5O5/c1-14-25-27(12-22(29)24-11-15-3-8-20-21(9-15)33-13-32-20)23(30)19-10-18(26-28(14)19)16-4-6-17(31-2)7-5-16/h3-10H,11-13H2,1-2H3,(H,24,29). The van der Waals surface area contributed by atoms with E-state index >= 15 is 0 Å². The Morgan fingerprint density at radius 3 is 2.67 bits per heavy atom. The Bertz CT molecular complexity index is 1410. The third kappa shape index (κ3) is 3.98. The normalized spacial score (nSPS) is 12.2. The van der Waals surface area contributed by atoms with Crippen molar-refractivity contribution in [3.8, 4) is 28.5 Å². The third-order valence-electron chi connectivity index (χ3n) is 5.34. The van der Waals surface area contributed by atoms with Gasteiger partial charge in [-0.05, 0) is 55.0 Å². The first kappa shape index (κ1) is 20.6. The summed E-state index contributed by atoms with van der Waals surface area (Å²) in [5.41, 5.74) is 2.28. The summed E-state index contributed by atoms with van der Waals surface area (Å²) in [7, 11) is 1.60. The van der Waals surface area contributed by atoms with Crippen LogP contribution in [0.5, 0.6) is 17.2 Å². The fourth-order valence-corrected chi connectivity index (χ4v) is 3.63. The Kier molecular flexibility index (Phi) is 5.17. The van der Waals surface area contributed by atoms with Gasteiger partial charge in [0.05, 0.1) is 12.8 Å². The smallest absolute Gasteiger partial charge is 0.293 e.